The Labute approximate surface area is 121 Å². The standard InChI is InChI=1S/C15H14ClNO3/c1-9(2)17-15(19)10-3-5-13(16)12(7-10)14-6-4-11(8-18)20-14/h3-9H,1-2H3,(H,17,19). The van der Waals surface area contributed by atoms with Crippen molar-refractivity contribution in [3.8, 4) is 11.3 Å². The molecule has 0 aliphatic carbocycles. The molecule has 1 N–H and O–H groups in total. The van der Waals surface area contributed by atoms with Crippen LogP contribution in [-0.4, -0.2) is 18.2 Å². The normalized spacial score (nSPS) is 10.6. The highest BCUT2D eigenvalue weighted by Gasteiger charge is 2.13. The maximum Gasteiger partial charge on any atom is 0.251 e. The fraction of sp³-hybridized carbons (Fsp3) is 0.200. The monoisotopic (exact) mass is 291 g/mol. The highest BCUT2D eigenvalue weighted by Crippen LogP contribution is 2.30. The Balaban J connectivity index is 2.38. The van der Waals surface area contributed by atoms with Gasteiger partial charge < -0.3 is 9.73 Å². The lowest BCUT2D eigenvalue weighted by Crippen LogP contribution is -2.30. The number of hydrogen-bond acceptors (Lipinski definition) is 3. The fourth-order valence-corrected chi connectivity index (χ4v) is 1.97. The van der Waals surface area contributed by atoms with Crippen molar-refractivity contribution in [1.29, 1.82) is 0 Å². The van der Waals surface area contributed by atoms with E-state index in [0.29, 0.717) is 28.2 Å². The summed E-state index contributed by atoms with van der Waals surface area (Å²) in [4.78, 5) is 22.6. The minimum Gasteiger partial charge on any atom is -0.453 e. The molecule has 4 nitrogen and oxygen atoms in total. The average molecular weight is 292 g/mol. The van der Waals surface area contributed by atoms with Gasteiger partial charge in [-0.3, -0.25) is 9.59 Å². The van der Waals surface area contributed by atoms with Crippen molar-refractivity contribution in [2.24, 2.45) is 0 Å². The zero-order valence-electron chi connectivity index (χ0n) is 11.1. The van der Waals surface area contributed by atoms with Crippen molar-refractivity contribution in [2.45, 2.75) is 19.9 Å². The third kappa shape index (κ3) is 3.08. The van der Waals surface area contributed by atoms with E-state index < -0.39 is 0 Å². The first-order chi connectivity index (χ1) is 9.51. The van der Waals surface area contributed by atoms with Gasteiger partial charge >= 0.3 is 0 Å². The zero-order chi connectivity index (χ0) is 14.7. The molecule has 0 bridgehead atoms. The number of nitrogens with one attached hydrogen (secondary N) is 1. The van der Waals surface area contributed by atoms with Gasteiger partial charge in [-0.05, 0) is 44.2 Å². The topological polar surface area (TPSA) is 59.3 Å². The van der Waals surface area contributed by atoms with Crippen LogP contribution in [0.1, 0.15) is 34.8 Å². The van der Waals surface area contributed by atoms with Crippen LogP contribution in [0.15, 0.2) is 34.7 Å². The summed E-state index contributed by atoms with van der Waals surface area (Å²) in [6.07, 6.45) is 0.618. The van der Waals surface area contributed by atoms with Crippen molar-refractivity contribution in [3.05, 3.63) is 46.7 Å². The quantitative estimate of drug-likeness (QED) is 0.876. The summed E-state index contributed by atoms with van der Waals surface area (Å²) in [6.45, 7) is 3.77. The first-order valence-corrected chi connectivity index (χ1v) is 6.55. The molecule has 0 spiro atoms. The Morgan fingerprint density at radius 3 is 2.65 bits per heavy atom. The molecule has 0 aliphatic heterocycles. The number of aldehydes is 1. The van der Waals surface area contributed by atoms with E-state index in [1.165, 1.54) is 0 Å². The van der Waals surface area contributed by atoms with Gasteiger partial charge in [0.1, 0.15) is 5.76 Å². The minimum absolute atomic E-state index is 0.0481. The Morgan fingerprint density at radius 1 is 1.30 bits per heavy atom. The van der Waals surface area contributed by atoms with Crippen LogP contribution in [0.2, 0.25) is 5.02 Å². The van der Waals surface area contributed by atoms with Crippen LogP contribution < -0.4 is 5.32 Å². The Kier molecular flexibility index (Phi) is 4.25. The minimum atomic E-state index is -0.180. The third-order valence-electron chi connectivity index (χ3n) is 2.66. The summed E-state index contributed by atoms with van der Waals surface area (Å²) in [5, 5.41) is 3.26. The number of rotatable bonds is 4. The summed E-state index contributed by atoms with van der Waals surface area (Å²) in [6, 6.07) is 8.18. The maximum absolute atomic E-state index is 12.0. The summed E-state index contributed by atoms with van der Waals surface area (Å²) < 4.78 is 5.33. The van der Waals surface area contributed by atoms with Gasteiger partial charge in [-0.25, -0.2) is 0 Å². The van der Waals surface area contributed by atoms with Gasteiger partial charge in [0.25, 0.3) is 5.91 Å². The lowest BCUT2D eigenvalue weighted by molar-refractivity contribution is 0.0942. The van der Waals surface area contributed by atoms with Crippen molar-refractivity contribution in [2.75, 3.05) is 0 Å². The molecule has 0 fully saturated rings. The molecule has 1 heterocycles. The van der Waals surface area contributed by atoms with Crippen molar-refractivity contribution in [1.82, 2.24) is 5.32 Å². The van der Waals surface area contributed by atoms with Gasteiger partial charge in [0.2, 0.25) is 0 Å². The second kappa shape index (κ2) is 5.92. The average Bonchev–Trinajstić information content (AvgIpc) is 2.87. The maximum atomic E-state index is 12.0. The number of amides is 1. The predicted octanol–water partition coefficient (Wildman–Crippen LogP) is 3.55. The molecule has 0 unspecified atom stereocenters. The number of halogens is 1. The second-order valence-electron chi connectivity index (χ2n) is 4.64. The van der Waals surface area contributed by atoms with Crippen molar-refractivity contribution >= 4 is 23.8 Å². The smallest absolute Gasteiger partial charge is 0.251 e. The Hall–Kier alpha value is -2.07. The van der Waals surface area contributed by atoms with E-state index in [9.17, 15) is 9.59 Å². The Bertz CT molecular complexity index is 646. The molecule has 5 heteroatoms. The lowest BCUT2D eigenvalue weighted by Gasteiger charge is -2.09. The van der Waals surface area contributed by atoms with Gasteiger partial charge in [0.15, 0.2) is 12.0 Å². The van der Waals surface area contributed by atoms with E-state index in [2.05, 4.69) is 5.32 Å². The van der Waals surface area contributed by atoms with Crippen LogP contribution in [0.25, 0.3) is 11.3 Å². The number of carbonyl (C=O) groups is 2. The molecule has 0 radical (unpaired) electrons. The predicted molar refractivity (Wildman–Crippen MR) is 77.1 cm³/mol. The third-order valence-corrected chi connectivity index (χ3v) is 2.99. The first-order valence-electron chi connectivity index (χ1n) is 6.17. The molecule has 104 valence electrons. The molecule has 0 atom stereocenters. The zero-order valence-corrected chi connectivity index (χ0v) is 11.9. The molecule has 1 aromatic carbocycles. The molecule has 1 aromatic heterocycles. The largest absolute Gasteiger partial charge is 0.453 e. The molecule has 0 saturated heterocycles. The SMILES string of the molecule is CC(C)NC(=O)c1ccc(Cl)c(-c2ccc(C=O)o2)c1. The van der Waals surface area contributed by atoms with Crippen LogP contribution in [0.4, 0.5) is 0 Å². The molecule has 1 amide bonds. The summed E-state index contributed by atoms with van der Waals surface area (Å²) in [5.41, 5.74) is 1.07. The second-order valence-corrected chi connectivity index (χ2v) is 5.05. The van der Waals surface area contributed by atoms with Crippen LogP contribution in [0, 0.1) is 0 Å². The van der Waals surface area contributed by atoms with E-state index in [4.69, 9.17) is 16.0 Å². The van der Waals surface area contributed by atoms with Crippen LogP contribution in [0.5, 0.6) is 0 Å². The molecule has 2 rings (SSSR count). The Morgan fingerprint density at radius 2 is 2.05 bits per heavy atom. The van der Waals surface area contributed by atoms with Crippen LogP contribution in [-0.2, 0) is 0 Å². The highest BCUT2D eigenvalue weighted by atomic mass is 35.5. The summed E-state index contributed by atoms with van der Waals surface area (Å²) >= 11 is 6.11. The molecule has 20 heavy (non-hydrogen) atoms. The molecule has 2 aromatic rings. The van der Waals surface area contributed by atoms with Gasteiger partial charge in [-0.15, -0.1) is 0 Å². The highest BCUT2D eigenvalue weighted by molar-refractivity contribution is 6.33. The van der Waals surface area contributed by atoms with E-state index in [1.807, 2.05) is 13.8 Å². The fourth-order valence-electron chi connectivity index (χ4n) is 1.76. The van der Waals surface area contributed by atoms with Gasteiger partial charge in [0.05, 0.1) is 5.02 Å². The number of carbonyl (C=O) groups excluding carboxylic acids is 2. The molecule has 0 aliphatic rings. The van der Waals surface area contributed by atoms with Gasteiger partial charge in [0, 0.05) is 17.2 Å². The van der Waals surface area contributed by atoms with E-state index in [-0.39, 0.29) is 17.7 Å². The number of furan rings is 1. The summed E-state index contributed by atoms with van der Waals surface area (Å²) in [5.74, 6) is 0.490. The van der Waals surface area contributed by atoms with E-state index in [1.54, 1.807) is 30.3 Å². The lowest BCUT2D eigenvalue weighted by atomic mass is 10.1. The molecular weight excluding hydrogens is 278 g/mol. The van der Waals surface area contributed by atoms with Crippen LogP contribution >= 0.6 is 11.6 Å². The van der Waals surface area contributed by atoms with Gasteiger partial charge in [-0.2, -0.15) is 0 Å². The molecule has 0 saturated carbocycles. The van der Waals surface area contributed by atoms with E-state index >= 15 is 0 Å². The van der Waals surface area contributed by atoms with E-state index in [0.717, 1.165) is 0 Å². The molecular formula is C15H14ClNO3. The summed E-state index contributed by atoms with van der Waals surface area (Å²) in [7, 11) is 0. The number of benzene rings is 1. The van der Waals surface area contributed by atoms with Crippen molar-refractivity contribution in [3.63, 3.8) is 0 Å². The van der Waals surface area contributed by atoms with Crippen molar-refractivity contribution < 1.29 is 14.0 Å². The van der Waals surface area contributed by atoms with Crippen LogP contribution in [0.3, 0.4) is 0 Å². The first kappa shape index (κ1) is 14.3. The van der Waals surface area contributed by atoms with Gasteiger partial charge in [-0.1, -0.05) is 11.6 Å². The number of hydrogen-bond donors (Lipinski definition) is 1.